The molecule has 16 heavy (non-hydrogen) atoms. The van der Waals surface area contributed by atoms with E-state index in [1.165, 1.54) is 0 Å². The fourth-order valence-corrected chi connectivity index (χ4v) is 1.67. The number of hydrogen-bond donors (Lipinski definition) is 1. The zero-order valence-corrected chi connectivity index (χ0v) is 10.1. The van der Waals surface area contributed by atoms with Gasteiger partial charge < -0.3 is 5.32 Å². The van der Waals surface area contributed by atoms with Crippen LogP contribution in [0, 0.1) is 0 Å². The summed E-state index contributed by atoms with van der Waals surface area (Å²) in [5.74, 6) is 0.775. The minimum absolute atomic E-state index is 0.102. The highest BCUT2D eigenvalue weighted by Gasteiger charge is 2.08. The van der Waals surface area contributed by atoms with Crippen LogP contribution in [0.2, 0.25) is 0 Å². The molecule has 0 aliphatic carbocycles. The summed E-state index contributed by atoms with van der Waals surface area (Å²) in [7, 11) is -0.821. The van der Waals surface area contributed by atoms with Crippen molar-refractivity contribution in [3.05, 3.63) is 24.7 Å². The first kappa shape index (κ1) is 11.1. The van der Waals surface area contributed by atoms with Gasteiger partial charge in [0.25, 0.3) is 0 Å². The summed E-state index contributed by atoms with van der Waals surface area (Å²) >= 11 is 0. The van der Waals surface area contributed by atoms with Crippen molar-refractivity contribution in [2.45, 2.75) is 12.2 Å². The normalized spacial score (nSPS) is 14.9. The second-order valence-corrected chi connectivity index (χ2v) is 5.43. The average Bonchev–Trinajstić information content (AvgIpc) is 2.73. The van der Waals surface area contributed by atoms with E-state index in [2.05, 4.69) is 15.4 Å². The number of nitrogens with one attached hydrogen (secondary N) is 1. The third-order valence-electron chi connectivity index (χ3n) is 2.45. The van der Waals surface area contributed by atoms with Crippen molar-refractivity contribution >= 4 is 22.1 Å². The lowest BCUT2D eigenvalue weighted by Gasteiger charge is -2.10. The Balaban J connectivity index is 2.15. The Bertz CT molecular complexity index is 510. The minimum atomic E-state index is -0.821. The fourth-order valence-electron chi connectivity index (χ4n) is 1.35. The summed E-state index contributed by atoms with van der Waals surface area (Å²) in [5.41, 5.74) is 0.927. The van der Waals surface area contributed by atoms with E-state index in [0.29, 0.717) is 6.54 Å². The molecule has 6 heteroatoms. The highest BCUT2D eigenvalue weighted by molar-refractivity contribution is 7.84. The van der Waals surface area contributed by atoms with E-state index in [0.717, 1.165) is 11.3 Å². The van der Waals surface area contributed by atoms with E-state index in [-0.39, 0.29) is 5.25 Å². The third-order valence-corrected chi connectivity index (χ3v) is 3.75. The van der Waals surface area contributed by atoms with Gasteiger partial charge in [0, 0.05) is 41.2 Å². The zero-order valence-electron chi connectivity index (χ0n) is 9.25. The Hall–Kier alpha value is -1.43. The molecule has 86 valence electrons. The Kier molecular flexibility index (Phi) is 3.19. The molecule has 2 unspecified atom stereocenters. The van der Waals surface area contributed by atoms with Gasteiger partial charge in [0.1, 0.15) is 5.52 Å². The van der Waals surface area contributed by atoms with Crippen LogP contribution in [0.1, 0.15) is 6.92 Å². The molecule has 2 aromatic heterocycles. The smallest absolute Gasteiger partial charge is 0.152 e. The van der Waals surface area contributed by atoms with Gasteiger partial charge in [-0.2, -0.15) is 5.10 Å². The van der Waals surface area contributed by atoms with Crippen LogP contribution in [0.3, 0.4) is 0 Å². The summed E-state index contributed by atoms with van der Waals surface area (Å²) in [6.07, 6.45) is 6.92. The van der Waals surface area contributed by atoms with E-state index in [4.69, 9.17) is 0 Å². The summed E-state index contributed by atoms with van der Waals surface area (Å²) < 4.78 is 13.0. The number of hydrogen-bond acceptors (Lipinski definition) is 4. The van der Waals surface area contributed by atoms with Gasteiger partial charge in [0.05, 0.1) is 6.20 Å². The second-order valence-electron chi connectivity index (χ2n) is 3.63. The van der Waals surface area contributed by atoms with Crippen molar-refractivity contribution in [1.82, 2.24) is 14.6 Å². The van der Waals surface area contributed by atoms with Gasteiger partial charge in [-0.15, -0.1) is 0 Å². The van der Waals surface area contributed by atoms with Gasteiger partial charge in [-0.3, -0.25) is 4.21 Å². The van der Waals surface area contributed by atoms with Crippen LogP contribution in [-0.4, -0.2) is 36.9 Å². The van der Waals surface area contributed by atoms with E-state index in [9.17, 15) is 4.21 Å². The molecule has 0 aliphatic rings. The molecular formula is C10H14N4OS. The van der Waals surface area contributed by atoms with Gasteiger partial charge in [0.15, 0.2) is 5.82 Å². The van der Waals surface area contributed by atoms with Crippen molar-refractivity contribution in [3.8, 4) is 0 Å². The summed E-state index contributed by atoms with van der Waals surface area (Å²) in [4.78, 5) is 4.24. The van der Waals surface area contributed by atoms with Crippen LogP contribution in [0.25, 0.3) is 5.52 Å². The first-order valence-electron chi connectivity index (χ1n) is 5.03. The number of rotatable bonds is 4. The molecule has 0 bridgehead atoms. The van der Waals surface area contributed by atoms with Crippen LogP contribution < -0.4 is 5.32 Å². The van der Waals surface area contributed by atoms with Gasteiger partial charge in [-0.05, 0) is 13.0 Å². The van der Waals surface area contributed by atoms with Crippen LogP contribution in [0.4, 0.5) is 5.82 Å². The van der Waals surface area contributed by atoms with Crippen LogP contribution in [0.5, 0.6) is 0 Å². The third kappa shape index (κ3) is 2.21. The minimum Gasteiger partial charge on any atom is -0.367 e. The summed E-state index contributed by atoms with van der Waals surface area (Å²) in [6.45, 7) is 2.58. The number of anilines is 1. The van der Waals surface area contributed by atoms with Crippen molar-refractivity contribution in [1.29, 1.82) is 0 Å². The largest absolute Gasteiger partial charge is 0.367 e. The van der Waals surface area contributed by atoms with E-state index >= 15 is 0 Å². The van der Waals surface area contributed by atoms with Gasteiger partial charge in [0.2, 0.25) is 0 Å². The topological polar surface area (TPSA) is 59.3 Å². The standard InChI is InChI=1S/C10H14N4OS/c1-8(16(2)15)7-12-10-9-3-4-13-14(9)6-5-11-10/h3-6,8H,7H2,1-2H3,(H,11,12). The molecule has 0 radical (unpaired) electrons. The lowest BCUT2D eigenvalue weighted by atomic mass is 10.4. The molecule has 0 amide bonds. The highest BCUT2D eigenvalue weighted by atomic mass is 32.2. The molecule has 0 fully saturated rings. The molecule has 0 aliphatic heterocycles. The van der Waals surface area contributed by atoms with Crippen molar-refractivity contribution in [3.63, 3.8) is 0 Å². The number of nitrogens with zero attached hydrogens (tertiary/aromatic N) is 3. The Morgan fingerprint density at radius 3 is 3.12 bits per heavy atom. The maximum absolute atomic E-state index is 11.2. The predicted molar refractivity (Wildman–Crippen MR) is 65.0 cm³/mol. The van der Waals surface area contributed by atoms with E-state index in [1.54, 1.807) is 29.4 Å². The molecule has 0 saturated carbocycles. The Morgan fingerprint density at radius 1 is 1.56 bits per heavy atom. The van der Waals surface area contributed by atoms with Crippen molar-refractivity contribution in [2.75, 3.05) is 18.1 Å². The van der Waals surface area contributed by atoms with Crippen LogP contribution >= 0.6 is 0 Å². The molecule has 2 heterocycles. The average molecular weight is 238 g/mol. The van der Waals surface area contributed by atoms with E-state index < -0.39 is 10.8 Å². The van der Waals surface area contributed by atoms with Crippen molar-refractivity contribution < 1.29 is 4.21 Å². The SMILES string of the molecule is CC(CNc1nccn2nccc12)S(C)=O. The molecule has 2 atom stereocenters. The van der Waals surface area contributed by atoms with E-state index in [1.807, 2.05) is 13.0 Å². The molecule has 5 nitrogen and oxygen atoms in total. The Morgan fingerprint density at radius 2 is 2.38 bits per heavy atom. The first-order valence-corrected chi connectivity index (χ1v) is 6.65. The summed E-state index contributed by atoms with van der Waals surface area (Å²) in [5, 5.41) is 7.41. The maximum Gasteiger partial charge on any atom is 0.152 e. The lowest BCUT2D eigenvalue weighted by Crippen LogP contribution is -2.21. The maximum atomic E-state index is 11.2. The Labute approximate surface area is 96.3 Å². The molecule has 0 aromatic carbocycles. The quantitative estimate of drug-likeness (QED) is 0.860. The summed E-state index contributed by atoms with van der Waals surface area (Å²) in [6, 6.07) is 1.89. The number of aromatic nitrogens is 3. The fraction of sp³-hybridized carbons (Fsp3) is 0.400. The van der Waals surface area contributed by atoms with Crippen molar-refractivity contribution in [2.24, 2.45) is 0 Å². The monoisotopic (exact) mass is 238 g/mol. The van der Waals surface area contributed by atoms with Gasteiger partial charge in [-0.25, -0.2) is 9.50 Å². The first-order chi connectivity index (χ1) is 7.68. The molecule has 2 aromatic rings. The zero-order chi connectivity index (χ0) is 11.5. The highest BCUT2D eigenvalue weighted by Crippen LogP contribution is 2.12. The molecule has 1 N–H and O–H groups in total. The van der Waals surface area contributed by atoms with Crippen LogP contribution in [-0.2, 0) is 10.8 Å². The molecule has 0 spiro atoms. The molecule has 0 saturated heterocycles. The molecule has 2 rings (SSSR count). The molecular weight excluding hydrogens is 224 g/mol. The predicted octanol–water partition coefficient (Wildman–Crippen LogP) is 0.908. The second kappa shape index (κ2) is 4.61. The van der Waals surface area contributed by atoms with Gasteiger partial charge in [-0.1, -0.05) is 0 Å². The lowest BCUT2D eigenvalue weighted by molar-refractivity contribution is 0.679. The van der Waals surface area contributed by atoms with Gasteiger partial charge >= 0.3 is 0 Å². The number of fused-ring (bicyclic) bond motifs is 1. The van der Waals surface area contributed by atoms with Crippen LogP contribution in [0.15, 0.2) is 24.7 Å².